The normalized spacial score (nSPS) is 22.0. The van der Waals surface area contributed by atoms with Crippen LogP contribution < -0.4 is 10.6 Å². The average Bonchev–Trinajstić information content (AvgIpc) is 2.39. The standard InChI is InChI=1S/C9H14N2O3/c1-2-5-14-9(13)7-6-10-3-4-11-8(7)12/h2,7,10H,1,3-6H2,(H,11,12). The fraction of sp³-hybridized carbons (Fsp3) is 0.556. The van der Waals surface area contributed by atoms with Crippen LogP contribution in [0.1, 0.15) is 0 Å². The van der Waals surface area contributed by atoms with E-state index in [1.807, 2.05) is 0 Å². The first-order valence-corrected chi connectivity index (χ1v) is 4.51. The molecule has 5 heteroatoms. The Bertz CT molecular complexity index is 240. The lowest BCUT2D eigenvalue weighted by molar-refractivity contribution is -0.151. The van der Waals surface area contributed by atoms with Gasteiger partial charge in [-0.25, -0.2) is 0 Å². The number of ether oxygens (including phenoxy) is 1. The summed E-state index contributed by atoms with van der Waals surface area (Å²) < 4.78 is 4.80. The van der Waals surface area contributed by atoms with Crippen molar-refractivity contribution < 1.29 is 14.3 Å². The Balaban J connectivity index is 2.50. The molecule has 1 rings (SSSR count). The summed E-state index contributed by atoms with van der Waals surface area (Å²) >= 11 is 0. The van der Waals surface area contributed by atoms with Crippen LogP contribution >= 0.6 is 0 Å². The molecule has 14 heavy (non-hydrogen) atoms. The number of carbonyl (C=O) groups excluding carboxylic acids is 2. The van der Waals surface area contributed by atoms with Crippen molar-refractivity contribution in [2.45, 2.75) is 0 Å². The molecule has 0 aromatic rings. The topological polar surface area (TPSA) is 67.4 Å². The third-order valence-electron chi connectivity index (χ3n) is 1.89. The zero-order valence-electron chi connectivity index (χ0n) is 7.91. The van der Waals surface area contributed by atoms with Crippen molar-refractivity contribution in [1.82, 2.24) is 10.6 Å². The highest BCUT2D eigenvalue weighted by Crippen LogP contribution is 2.01. The molecule has 0 radical (unpaired) electrons. The monoisotopic (exact) mass is 198 g/mol. The number of rotatable bonds is 3. The fourth-order valence-electron chi connectivity index (χ4n) is 1.17. The molecule has 1 aliphatic rings. The first-order chi connectivity index (χ1) is 6.75. The SMILES string of the molecule is C=CCOC(=O)C1CNCCNC1=O. The molecule has 0 aliphatic carbocycles. The Morgan fingerprint density at radius 1 is 1.64 bits per heavy atom. The molecule has 0 saturated carbocycles. The number of nitrogens with one attached hydrogen (secondary N) is 2. The van der Waals surface area contributed by atoms with E-state index in [0.717, 1.165) is 0 Å². The summed E-state index contributed by atoms with van der Waals surface area (Å²) in [4.78, 5) is 22.7. The summed E-state index contributed by atoms with van der Waals surface area (Å²) in [6.07, 6.45) is 1.47. The molecule has 0 spiro atoms. The van der Waals surface area contributed by atoms with Gasteiger partial charge in [-0.15, -0.1) is 0 Å². The summed E-state index contributed by atoms with van der Waals surface area (Å²) in [5, 5.41) is 5.60. The third-order valence-corrected chi connectivity index (χ3v) is 1.89. The summed E-state index contributed by atoms with van der Waals surface area (Å²) in [6, 6.07) is 0. The van der Waals surface area contributed by atoms with E-state index in [0.29, 0.717) is 19.6 Å². The van der Waals surface area contributed by atoms with Gasteiger partial charge in [0.15, 0.2) is 0 Å². The molecule has 0 aromatic heterocycles. The zero-order valence-corrected chi connectivity index (χ0v) is 7.91. The molecule has 1 heterocycles. The van der Waals surface area contributed by atoms with Gasteiger partial charge in [0.05, 0.1) is 0 Å². The van der Waals surface area contributed by atoms with Gasteiger partial charge in [0.2, 0.25) is 5.91 Å². The van der Waals surface area contributed by atoms with E-state index in [1.165, 1.54) is 6.08 Å². The van der Waals surface area contributed by atoms with Gasteiger partial charge < -0.3 is 15.4 Å². The minimum absolute atomic E-state index is 0.141. The lowest BCUT2D eigenvalue weighted by atomic mass is 10.1. The van der Waals surface area contributed by atoms with E-state index in [2.05, 4.69) is 17.2 Å². The van der Waals surface area contributed by atoms with Crippen molar-refractivity contribution in [3.8, 4) is 0 Å². The van der Waals surface area contributed by atoms with Crippen LogP contribution in [0, 0.1) is 5.92 Å². The molecule has 0 aromatic carbocycles. The predicted molar refractivity (Wildman–Crippen MR) is 50.5 cm³/mol. The number of hydrogen-bond donors (Lipinski definition) is 2. The van der Waals surface area contributed by atoms with E-state index in [9.17, 15) is 9.59 Å². The third kappa shape index (κ3) is 2.85. The highest BCUT2D eigenvalue weighted by molar-refractivity contribution is 5.98. The molecule has 1 atom stereocenters. The van der Waals surface area contributed by atoms with Crippen LogP contribution in [0.3, 0.4) is 0 Å². The number of amides is 1. The quantitative estimate of drug-likeness (QED) is 0.348. The van der Waals surface area contributed by atoms with E-state index < -0.39 is 11.9 Å². The van der Waals surface area contributed by atoms with Crippen molar-refractivity contribution in [3.05, 3.63) is 12.7 Å². The molecule has 1 amide bonds. The Hall–Kier alpha value is -1.36. The molecule has 0 bridgehead atoms. The van der Waals surface area contributed by atoms with Crippen molar-refractivity contribution in [2.24, 2.45) is 5.92 Å². The Morgan fingerprint density at radius 3 is 3.14 bits per heavy atom. The number of esters is 1. The van der Waals surface area contributed by atoms with Crippen molar-refractivity contribution in [2.75, 3.05) is 26.2 Å². The van der Waals surface area contributed by atoms with Gasteiger partial charge in [-0.2, -0.15) is 0 Å². The van der Waals surface area contributed by atoms with Crippen molar-refractivity contribution in [1.29, 1.82) is 0 Å². The van der Waals surface area contributed by atoms with Crippen LogP contribution in [0.5, 0.6) is 0 Å². The molecule has 1 fully saturated rings. The summed E-state index contributed by atoms with van der Waals surface area (Å²) in [5.41, 5.74) is 0. The van der Waals surface area contributed by atoms with Crippen LogP contribution in [-0.2, 0) is 14.3 Å². The largest absolute Gasteiger partial charge is 0.461 e. The van der Waals surface area contributed by atoms with Crippen LogP contribution in [0.2, 0.25) is 0 Å². The first-order valence-electron chi connectivity index (χ1n) is 4.51. The van der Waals surface area contributed by atoms with E-state index in [-0.39, 0.29) is 12.5 Å². The molecule has 1 saturated heterocycles. The summed E-state index contributed by atoms with van der Waals surface area (Å²) in [7, 11) is 0. The van der Waals surface area contributed by atoms with Crippen molar-refractivity contribution in [3.63, 3.8) is 0 Å². The fourth-order valence-corrected chi connectivity index (χ4v) is 1.17. The highest BCUT2D eigenvalue weighted by atomic mass is 16.5. The summed E-state index contributed by atoms with van der Waals surface area (Å²) in [5.74, 6) is -1.52. The zero-order chi connectivity index (χ0) is 10.4. The summed E-state index contributed by atoms with van der Waals surface area (Å²) in [6.45, 7) is 5.12. The van der Waals surface area contributed by atoms with E-state index in [1.54, 1.807) is 0 Å². The Labute approximate surface area is 82.5 Å². The van der Waals surface area contributed by atoms with Crippen LogP contribution in [0.15, 0.2) is 12.7 Å². The van der Waals surface area contributed by atoms with Gasteiger partial charge in [-0.1, -0.05) is 12.7 Å². The van der Waals surface area contributed by atoms with Gasteiger partial charge in [0.1, 0.15) is 12.5 Å². The molecular formula is C9H14N2O3. The average molecular weight is 198 g/mol. The van der Waals surface area contributed by atoms with Crippen LogP contribution in [0.25, 0.3) is 0 Å². The maximum Gasteiger partial charge on any atom is 0.320 e. The predicted octanol–water partition coefficient (Wildman–Crippen LogP) is -0.949. The van der Waals surface area contributed by atoms with Crippen LogP contribution in [0.4, 0.5) is 0 Å². The minimum Gasteiger partial charge on any atom is -0.461 e. The Morgan fingerprint density at radius 2 is 2.43 bits per heavy atom. The molecule has 1 unspecified atom stereocenters. The maximum absolute atomic E-state index is 11.3. The number of carbonyl (C=O) groups is 2. The lowest BCUT2D eigenvalue weighted by Gasteiger charge is -2.11. The smallest absolute Gasteiger partial charge is 0.320 e. The van der Waals surface area contributed by atoms with E-state index >= 15 is 0 Å². The van der Waals surface area contributed by atoms with Gasteiger partial charge in [-0.05, 0) is 0 Å². The van der Waals surface area contributed by atoms with Gasteiger partial charge in [0.25, 0.3) is 0 Å². The molecule has 78 valence electrons. The maximum atomic E-state index is 11.3. The highest BCUT2D eigenvalue weighted by Gasteiger charge is 2.28. The molecule has 2 N–H and O–H groups in total. The van der Waals surface area contributed by atoms with Gasteiger partial charge in [0, 0.05) is 19.6 Å². The van der Waals surface area contributed by atoms with Gasteiger partial charge >= 0.3 is 5.97 Å². The number of hydrogen-bond acceptors (Lipinski definition) is 4. The van der Waals surface area contributed by atoms with E-state index in [4.69, 9.17) is 4.74 Å². The molecular weight excluding hydrogens is 184 g/mol. The molecule has 1 aliphatic heterocycles. The first kappa shape index (κ1) is 10.7. The second-order valence-corrected chi connectivity index (χ2v) is 2.97. The second-order valence-electron chi connectivity index (χ2n) is 2.97. The minimum atomic E-state index is -0.738. The second kappa shape index (κ2) is 5.39. The lowest BCUT2D eigenvalue weighted by Crippen LogP contribution is -2.37. The van der Waals surface area contributed by atoms with Crippen molar-refractivity contribution >= 4 is 11.9 Å². The molecule has 5 nitrogen and oxygen atoms in total. The Kier molecular flexibility index (Phi) is 4.12. The van der Waals surface area contributed by atoms with Gasteiger partial charge in [-0.3, -0.25) is 9.59 Å². The van der Waals surface area contributed by atoms with Crippen LogP contribution in [-0.4, -0.2) is 38.1 Å².